The zero-order valence-corrected chi connectivity index (χ0v) is 18.5. The molecule has 1 saturated heterocycles. The predicted octanol–water partition coefficient (Wildman–Crippen LogP) is 5.18. The van der Waals surface area contributed by atoms with Crippen molar-refractivity contribution in [3.8, 4) is 11.3 Å². The van der Waals surface area contributed by atoms with Crippen LogP contribution in [-0.4, -0.2) is 39.2 Å². The average molecular weight is 436 g/mol. The van der Waals surface area contributed by atoms with Crippen LogP contribution in [0.2, 0.25) is 5.02 Å². The number of hydrogen-bond donors (Lipinski definition) is 2. The number of aromatic amines is 1. The Kier molecular flexibility index (Phi) is 5.99. The third-order valence-corrected chi connectivity index (χ3v) is 6.03. The molecular formula is C25H26ClN3O2. The molecule has 1 aromatic heterocycles. The van der Waals surface area contributed by atoms with Gasteiger partial charge in [-0.2, -0.15) is 5.10 Å². The van der Waals surface area contributed by atoms with Crippen LogP contribution in [0.4, 0.5) is 0 Å². The van der Waals surface area contributed by atoms with E-state index in [2.05, 4.69) is 30.1 Å². The highest BCUT2D eigenvalue weighted by atomic mass is 35.5. The van der Waals surface area contributed by atoms with E-state index in [9.17, 15) is 9.90 Å². The van der Waals surface area contributed by atoms with E-state index in [1.807, 2.05) is 47.4 Å². The molecule has 1 amide bonds. The third-order valence-electron chi connectivity index (χ3n) is 5.80. The Morgan fingerprint density at radius 1 is 1.23 bits per heavy atom. The highest BCUT2D eigenvalue weighted by Gasteiger charge is 2.33. The van der Waals surface area contributed by atoms with Gasteiger partial charge >= 0.3 is 0 Å². The van der Waals surface area contributed by atoms with Crippen molar-refractivity contribution < 1.29 is 9.90 Å². The highest BCUT2D eigenvalue weighted by molar-refractivity contribution is 6.30. The van der Waals surface area contributed by atoms with E-state index in [1.54, 1.807) is 12.1 Å². The fourth-order valence-electron chi connectivity index (χ4n) is 4.07. The summed E-state index contributed by atoms with van der Waals surface area (Å²) in [6.45, 7) is 5.65. The summed E-state index contributed by atoms with van der Waals surface area (Å²) in [5.41, 5.74) is 5.35. The first-order valence-electron chi connectivity index (χ1n) is 10.4. The van der Waals surface area contributed by atoms with E-state index >= 15 is 0 Å². The van der Waals surface area contributed by atoms with Gasteiger partial charge in [-0.25, -0.2) is 0 Å². The van der Waals surface area contributed by atoms with E-state index in [4.69, 9.17) is 11.6 Å². The summed E-state index contributed by atoms with van der Waals surface area (Å²) in [5.74, 6) is 0.0159. The van der Waals surface area contributed by atoms with Crippen LogP contribution in [0.1, 0.15) is 41.9 Å². The minimum atomic E-state index is -0.158. The maximum Gasteiger partial charge on any atom is 0.253 e. The minimum Gasteiger partial charge on any atom is -0.392 e. The summed E-state index contributed by atoms with van der Waals surface area (Å²) in [4.78, 5) is 14.8. The van der Waals surface area contributed by atoms with Crippen LogP contribution in [0.3, 0.4) is 0 Å². The van der Waals surface area contributed by atoms with E-state index < -0.39 is 0 Å². The second-order valence-corrected chi connectivity index (χ2v) is 9.04. The zero-order chi connectivity index (χ0) is 22.0. The molecule has 2 heterocycles. The number of H-pyrrole nitrogens is 1. The van der Waals surface area contributed by atoms with Gasteiger partial charge in [0.25, 0.3) is 5.91 Å². The van der Waals surface area contributed by atoms with Crippen molar-refractivity contribution in [2.24, 2.45) is 5.41 Å². The molecule has 0 atom stereocenters. The number of likely N-dealkylation sites (tertiary alicyclic amines) is 1. The Morgan fingerprint density at radius 3 is 2.77 bits per heavy atom. The van der Waals surface area contributed by atoms with Crippen molar-refractivity contribution in [2.45, 2.75) is 26.9 Å². The van der Waals surface area contributed by atoms with Crippen LogP contribution in [-0.2, 0) is 6.61 Å². The number of benzene rings is 2. The summed E-state index contributed by atoms with van der Waals surface area (Å²) in [7, 11) is 0. The molecule has 1 aliphatic rings. The number of rotatable bonds is 4. The lowest BCUT2D eigenvalue weighted by atomic mass is 9.78. The molecule has 1 fully saturated rings. The fraction of sp³-hybridized carbons (Fsp3) is 0.280. The summed E-state index contributed by atoms with van der Waals surface area (Å²) in [5, 5.41) is 17.5. The normalized spacial score (nSPS) is 17.2. The number of halogens is 1. The molecule has 1 aliphatic heterocycles. The van der Waals surface area contributed by atoms with E-state index in [1.165, 1.54) is 5.57 Å². The van der Waals surface area contributed by atoms with Gasteiger partial charge in [-0.1, -0.05) is 55.3 Å². The Bertz CT molecular complexity index is 1130. The van der Waals surface area contributed by atoms with Gasteiger partial charge in [0.15, 0.2) is 0 Å². The molecule has 4 rings (SSSR count). The number of piperidine rings is 1. The van der Waals surface area contributed by atoms with Crippen molar-refractivity contribution in [3.63, 3.8) is 0 Å². The molecule has 0 bridgehead atoms. The van der Waals surface area contributed by atoms with Crippen LogP contribution in [0.15, 0.2) is 60.2 Å². The molecule has 160 valence electrons. The van der Waals surface area contributed by atoms with Gasteiger partial charge in [-0.3, -0.25) is 9.89 Å². The van der Waals surface area contributed by atoms with Gasteiger partial charge < -0.3 is 10.0 Å². The van der Waals surface area contributed by atoms with Crippen molar-refractivity contribution in [2.75, 3.05) is 13.1 Å². The monoisotopic (exact) mass is 435 g/mol. The first-order valence-corrected chi connectivity index (χ1v) is 10.7. The number of carbonyl (C=O) groups is 1. The molecule has 0 spiro atoms. The lowest BCUT2D eigenvalue weighted by molar-refractivity contribution is 0.0664. The van der Waals surface area contributed by atoms with E-state index in [0.717, 1.165) is 28.9 Å². The van der Waals surface area contributed by atoms with Crippen LogP contribution in [0.5, 0.6) is 0 Å². The number of aliphatic hydroxyl groups is 1. The van der Waals surface area contributed by atoms with E-state index in [0.29, 0.717) is 23.7 Å². The van der Waals surface area contributed by atoms with E-state index in [-0.39, 0.29) is 17.9 Å². The Morgan fingerprint density at radius 2 is 2.03 bits per heavy atom. The zero-order valence-electron chi connectivity index (χ0n) is 17.7. The molecule has 2 aromatic carbocycles. The molecule has 31 heavy (non-hydrogen) atoms. The van der Waals surface area contributed by atoms with Crippen LogP contribution < -0.4 is 0 Å². The van der Waals surface area contributed by atoms with Crippen molar-refractivity contribution >= 4 is 23.6 Å². The molecule has 0 unspecified atom stereocenters. The highest BCUT2D eigenvalue weighted by Crippen LogP contribution is 2.36. The van der Waals surface area contributed by atoms with Gasteiger partial charge in [-0.05, 0) is 48.4 Å². The average Bonchev–Trinajstić information content (AvgIpc) is 3.23. The van der Waals surface area contributed by atoms with Crippen molar-refractivity contribution in [1.29, 1.82) is 0 Å². The standard InChI is InChI=1S/C25H26ClN3O2/c1-25(2)16-29(24(31)19-7-4-8-21(26)12-19)10-9-20(25)13-22-14-23(28-27-22)18-6-3-5-17(11-18)15-30/h3-8,11-14,30H,9-10,15-16H2,1-2H3,(H,27,28)/b20-13+. The largest absolute Gasteiger partial charge is 0.392 e. The van der Waals surface area contributed by atoms with Gasteiger partial charge in [0.05, 0.1) is 18.0 Å². The predicted molar refractivity (Wildman–Crippen MR) is 124 cm³/mol. The number of amides is 1. The molecular weight excluding hydrogens is 410 g/mol. The van der Waals surface area contributed by atoms with Gasteiger partial charge in [-0.15, -0.1) is 0 Å². The summed E-state index contributed by atoms with van der Waals surface area (Å²) < 4.78 is 0. The summed E-state index contributed by atoms with van der Waals surface area (Å²) in [6, 6.07) is 16.9. The molecule has 5 nitrogen and oxygen atoms in total. The Hall–Kier alpha value is -2.89. The van der Waals surface area contributed by atoms with Gasteiger partial charge in [0.1, 0.15) is 0 Å². The third kappa shape index (κ3) is 4.73. The minimum absolute atomic E-state index is 0.00771. The van der Waals surface area contributed by atoms with Gasteiger partial charge in [0, 0.05) is 34.7 Å². The number of aromatic nitrogens is 2. The number of aliphatic hydroxyl groups excluding tert-OH is 1. The number of carbonyl (C=O) groups excluding carboxylic acids is 1. The molecule has 6 heteroatoms. The molecule has 0 aliphatic carbocycles. The Labute approximate surface area is 187 Å². The maximum atomic E-state index is 12.9. The van der Waals surface area contributed by atoms with Crippen molar-refractivity contribution in [3.05, 3.63) is 82.0 Å². The fourth-order valence-corrected chi connectivity index (χ4v) is 4.26. The lowest BCUT2D eigenvalue weighted by Crippen LogP contribution is -2.44. The second-order valence-electron chi connectivity index (χ2n) is 8.61. The maximum absolute atomic E-state index is 12.9. The second kappa shape index (κ2) is 8.69. The molecule has 0 radical (unpaired) electrons. The first kappa shape index (κ1) is 21.3. The number of nitrogens with one attached hydrogen (secondary N) is 1. The number of nitrogens with zero attached hydrogens (tertiary/aromatic N) is 2. The quantitative estimate of drug-likeness (QED) is 0.593. The topological polar surface area (TPSA) is 69.2 Å². The number of hydrogen-bond acceptors (Lipinski definition) is 3. The van der Waals surface area contributed by atoms with Crippen LogP contribution in [0, 0.1) is 5.41 Å². The lowest BCUT2D eigenvalue weighted by Gasteiger charge is -2.40. The molecule has 3 aromatic rings. The molecule has 0 saturated carbocycles. The molecule has 2 N–H and O–H groups in total. The summed E-state index contributed by atoms with van der Waals surface area (Å²) >= 11 is 6.06. The first-order chi connectivity index (χ1) is 14.9. The van der Waals surface area contributed by atoms with Crippen molar-refractivity contribution in [1.82, 2.24) is 15.1 Å². The van der Waals surface area contributed by atoms with Gasteiger partial charge in [0.2, 0.25) is 0 Å². The van der Waals surface area contributed by atoms with Crippen LogP contribution in [0.25, 0.3) is 17.3 Å². The Balaban J connectivity index is 1.51. The SMILES string of the molecule is CC1(C)CN(C(=O)c2cccc(Cl)c2)CC/C1=C\c1cc(-c2cccc(CO)c2)n[nH]1. The van der Waals surface area contributed by atoms with Crippen LogP contribution >= 0.6 is 11.6 Å². The smallest absolute Gasteiger partial charge is 0.253 e. The summed E-state index contributed by atoms with van der Waals surface area (Å²) in [6.07, 6.45) is 2.95.